The summed E-state index contributed by atoms with van der Waals surface area (Å²) in [6.45, 7) is 71.2. The average Bonchev–Trinajstić information content (AvgIpc) is 1.61. The maximum absolute atomic E-state index is 6.15. The molecule has 6 heterocycles. The van der Waals surface area contributed by atoms with Gasteiger partial charge in [0.2, 0.25) is 0 Å². The largest absolute Gasteiger partial charge is 0.371 e. The van der Waals surface area contributed by atoms with E-state index in [0.29, 0.717) is 32.5 Å². The molecule has 0 aromatic heterocycles. The van der Waals surface area contributed by atoms with Crippen LogP contribution in [0.5, 0.6) is 0 Å². The number of rotatable bonds is 6. The van der Waals surface area contributed by atoms with E-state index >= 15 is 0 Å². The number of aryl methyl sites for hydroxylation is 6. The first kappa shape index (κ1) is 75.6. The highest BCUT2D eigenvalue weighted by Gasteiger charge is 2.64. The number of hydrogen-bond acceptors (Lipinski definition) is 6. The summed E-state index contributed by atoms with van der Waals surface area (Å²) in [5.74, 6) is 17.1. The number of piperidine rings is 6. The Balaban J connectivity index is 0.000000110. The highest BCUT2D eigenvalue weighted by molar-refractivity contribution is 6.31. The molecular weight excluding hydrogens is 1270 g/mol. The van der Waals surface area contributed by atoms with Crippen molar-refractivity contribution in [3.05, 3.63) is 178 Å². The van der Waals surface area contributed by atoms with Crippen molar-refractivity contribution in [1.82, 2.24) is 0 Å². The molecule has 0 spiro atoms. The molecule has 0 N–H and O–H groups in total. The van der Waals surface area contributed by atoms with Crippen LogP contribution in [0.1, 0.15) is 158 Å². The Bertz CT molecular complexity index is 3510. The molecule has 6 nitrogen and oxygen atoms in total. The van der Waals surface area contributed by atoms with Crippen molar-refractivity contribution < 1.29 is 0 Å². The molecule has 0 amide bonds. The van der Waals surface area contributed by atoms with E-state index in [4.69, 9.17) is 11.6 Å². The molecule has 0 radical (unpaired) electrons. The Morgan fingerprint density at radius 2 is 0.408 bits per heavy atom. The van der Waals surface area contributed by atoms with Crippen LogP contribution in [0.3, 0.4) is 0 Å². The van der Waals surface area contributed by atoms with Gasteiger partial charge in [-0.15, -0.1) is 0 Å². The van der Waals surface area contributed by atoms with E-state index in [1.807, 2.05) is 6.07 Å². The second-order valence-corrected chi connectivity index (χ2v) is 42.4. The SMILES string of the molecule is Cc1cc(Cl)cc(N2CC3C(C2)C3C(C)(C)C)c1.Cc1ccc(N2CC3C(C2)C3C(C)(C)C)cc1.Cc1ccc(N2CC3C(C2)C3C(C)(C)C)cc1.Cc1ccc(N2CC3C(C2)C3C(C)(C)C)cc1.Cc1cccc(N2CC3C(C2)C3C(C)(C)C)c1.Cc1cccc(N2CC3C(C2)C3C(C)(C)C)c1. The van der Waals surface area contributed by atoms with Crippen LogP contribution in [0, 0.1) is 181 Å². The van der Waals surface area contributed by atoms with Crippen LogP contribution in [0.25, 0.3) is 0 Å². The molecule has 12 aliphatic rings. The third kappa shape index (κ3) is 17.1. The highest BCUT2D eigenvalue weighted by atomic mass is 35.5. The van der Waals surface area contributed by atoms with Crippen LogP contribution in [0.4, 0.5) is 34.1 Å². The maximum Gasteiger partial charge on any atom is 0.0429 e. The fourth-order valence-electron chi connectivity index (χ4n) is 22.9. The molecule has 6 saturated heterocycles. The maximum atomic E-state index is 6.15. The van der Waals surface area contributed by atoms with Gasteiger partial charge in [0.25, 0.3) is 0 Å². The third-order valence-corrected chi connectivity index (χ3v) is 27.7. The molecule has 7 heteroatoms. The van der Waals surface area contributed by atoms with Gasteiger partial charge >= 0.3 is 0 Å². The van der Waals surface area contributed by atoms with Gasteiger partial charge in [0.1, 0.15) is 0 Å². The lowest BCUT2D eigenvalue weighted by molar-refractivity contribution is 0.309. The number of hydrogen-bond donors (Lipinski definition) is 0. The van der Waals surface area contributed by atoms with Gasteiger partial charge in [-0.3, -0.25) is 0 Å². The minimum Gasteiger partial charge on any atom is -0.371 e. The summed E-state index contributed by atoms with van der Waals surface area (Å²) in [5.41, 5.74) is 19.5. The lowest BCUT2D eigenvalue weighted by atomic mass is 9.87. The summed E-state index contributed by atoms with van der Waals surface area (Å²) in [4.78, 5) is 15.4. The second kappa shape index (κ2) is 28.2. The first-order valence-corrected chi connectivity index (χ1v) is 41.2. The average molecular weight is 1410 g/mol. The van der Waals surface area contributed by atoms with E-state index in [1.54, 1.807) is 0 Å². The highest BCUT2D eigenvalue weighted by Crippen LogP contribution is 2.65. The zero-order chi connectivity index (χ0) is 74.1. The van der Waals surface area contributed by atoms with Crippen molar-refractivity contribution in [2.75, 3.05) is 108 Å². The quantitative estimate of drug-likeness (QED) is 0.164. The lowest BCUT2D eigenvalue weighted by Gasteiger charge is -2.27. The minimum atomic E-state index is 0.478. The molecule has 18 rings (SSSR count). The number of anilines is 6. The Morgan fingerprint density at radius 1 is 0.214 bits per heavy atom. The molecule has 6 aromatic carbocycles. The summed E-state index contributed by atoms with van der Waals surface area (Å²) >= 11 is 6.15. The monoisotopic (exact) mass is 1410 g/mol. The van der Waals surface area contributed by atoms with E-state index < -0.39 is 0 Å². The van der Waals surface area contributed by atoms with E-state index in [2.05, 4.69) is 329 Å². The molecule has 6 saturated carbocycles. The van der Waals surface area contributed by atoms with Crippen LogP contribution in [0.2, 0.25) is 5.02 Å². The van der Waals surface area contributed by atoms with Crippen LogP contribution < -0.4 is 29.4 Å². The summed E-state index contributed by atoms with van der Waals surface area (Å²) in [6.07, 6.45) is 0. The van der Waals surface area contributed by atoms with Gasteiger partial charge in [-0.25, -0.2) is 0 Å². The first-order valence-electron chi connectivity index (χ1n) is 40.8. The molecule has 103 heavy (non-hydrogen) atoms. The molecule has 12 atom stereocenters. The van der Waals surface area contributed by atoms with Crippen molar-refractivity contribution in [1.29, 1.82) is 0 Å². The number of benzene rings is 6. The Morgan fingerprint density at radius 3 is 0.602 bits per heavy atom. The van der Waals surface area contributed by atoms with E-state index in [9.17, 15) is 0 Å². The second-order valence-electron chi connectivity index (χ2n) is 41.9. The fraction of sp³-hybridized carbons (Fsp3) is 0.625. The van der Waals surface area contributed by atoms with E-state index in [1.165, 1.54) is 146 Å². The van der Waals surface area contributed by atoms with Gasteiger partial charge in [-0.05, 0) is 276 Å². The predicted molar refractivity (Wildman–Crippen MR) is 445 cm³/mol. The first-order chi connectivity index (χ1) is 48.2. The van der Waals surface area contributed by atoms with Gasteiger partial charge in [0.15, 0.2) is 0 Å². The summed E-state index contributed by atoms with van der Waals surface area (Å²) in [6, 6.07) is 51.2. The standard InChI is InChI=1S/C16H22ClN.5C16H23N/c1-10-5-11(17)7-12(6-10)18-8-13-14(9-18)15(13)16(2,3)4;3*1-11-5-7-12(8-6-11)17-9-13-14(10-17)15(13)16(2,3)4;2*1-11-6-5-7-12(8-11)17-9-13-14(10-17)15(13)16(2,3)4/h5-7,13-15H,8-9H2,1-4H3;5*5-8,13-15H,9-10H2,1-4H3. The zero-order valence-electron chi connectivity index (χ0n) is 68.7. The van der Waals surface area contributed by atoms with E-state index in [-0.39, 0.29) is 0 Å². The van der Waals surface area contributed by atoms with Gasteiger partial charge in [0.05, 0.1) is 0 Å². The van der Waals surface area contributed by atoms with Crippen molar-refractivity contribution in [3.63, 3.8) is 0 Å². The van der Waals surface area contributed by atoms with Crippen molar-refractivity contribution in [3.8, 4) is 0 Å². The van der Waals surface area contributed by atoms with Crippen LogP contribution in [0.15, 0.2) is 140 Å². The normalized spacial score (nSPS) is 31.3. The van der Waals surface area contributed by atoms with Crippen molar-refractivity contribution >= 4 is 45.7 Å². The summed E-state index contributed by atoms with van der Waals surface area (Å²) in [5, 5.41) is 0.859. The van der Waals surface area contributed by atoms with Crippen LogP contribution in [-0.2, 0) is 0 Å². The fourth-order valence-corrected chi connectivity index (χ4v) is 23.2. The summed E-state index contributed by atoms with van der Waals surface area (Å²) in [7, 11) is 0. The Hall–Kier alpha value is -5.59. The molecule has 6 aromatic rings. The molecule has 12 fully saturated rings. The number of halogens is 1. The molecular formula is C96H137ClN6. The number of nitrogens with zero attached hydrogens (tertiary/aromatic N) is 6. The number of fused-ring (bicyclic) bond motifs is 6. The third-order valence-electron chi connectivity index (χ3n) is 27.5. The molecule has 12 unspecified atom stereocenters. The van der Waals surface area contributed by atoms with Crippen LogP contribution >= 0.6 is 11.6 Å². The Labute approximate surface area is 632 Å². The molecule has 6 aliphatic carbocycles. The zero-order valence-corrected chi connectivity index (χ0v) is 69.5. The van der Waals surface area contributed by atoms with Gasteiger partial charge in [0, 0.05) is 118 Å². The van der Waals surface area contributed by atoms with Crippen LogP contribution in [-0.4, -0.2) is 78.5 Å². The topological polar surface area (TPSA) is 19.4 Å². The Kier molecular flexibility index (Phi) is 20.7. The molecule has 6 aliphatic heterocycles. The molecule has 558 valence electrons. The predicted octanol–water partition coefficient (Wildman–Crippen LogP) is 23.0. The van der Waals surface area contributed by atoms with E-state index in [0.717, 1.165) is 112 Å². The van der Waals surface area contributed by atoms with Crippen molar-refractivity contribution in [2.24, 2.45) is 139 Å². The van der Waals surface area contributed by atoms with Gasteiger partial charge in [-0.1, -0.05) is 214 Å². The smallest absolute Gasteiger partial charge is 0.0429 e. The lowest BCUT2D eigenvalue weighted by Crippen LogP contribution is -2.27. The minimum absolute atomic E-state index is 0.478. The van der Waals surface area contributed by atoms with Gasteiger partial charge < -0.3 is 29.4 Å². The van der Waals surface area contributed by atoms with Gasteiger partial charge in [-0.2, -0.15) is 0 Å². The molecule has 0 bridgehead atoms. The summed E-state index contributed by atoms with van der Waals surface area (Å²) < 4.78 is 0. The van der Waals surface area contributed by atoms with Crippen molar-refractivity contribution in [2.45, 2.75) is 166 Å².